The molecule has 0 saturated heterocycles. The average molecular weight is 288 g/mol. The van der Waals surface area contributed by atoms with E-state index < -0.39 is 5.97 Å². The van der Waals surface area contributed by atoms with E-state index in [-0.39, 0.29) is 0 Å². The molecule has 0 spiro atoms. The van der Waals surface area contributed by atoms with Gasteiger partial charge in [0.05, 0.1) is 5.69 Å². The summed E-state index contributed by atoms with van der Waals surface area (Å²) in [5, 5.41) is 9.65. The second-order valence-electron chi connectivity index (χ2n) is 4.35. The largest absolute Gasteiger partial charge is 0.478 e. The number of nitrogens with zero attached hydrogens (tertiary/aromatic N) is 1. The molecule has 1 heterocycles. The fourth-order valence-electron chi connectivity index (χ4n) is 1.91. The van der Waals surface area contributed by atoms with Crippen LogP contribution in [0.25, 0.3) is 5.57 Å². The van der Waals surface area contributed by atoms with Crippen LogP contribution in [0.5, 0.6) is 0 Å². The van der Waals surface area contributed by atoms with Crippen molar-refractivity contribution in [2.24, 2.45) is 0 Å². The summed E-state index contributed by atoms with van der Waals surface area (Å²) in [6.07, 6.45) is 4.24. The van der Waals surface area contributed by atoms with Gasteiger partial charge in [0.1, 0.15) is 0 Å². The number of hydrogen-bond donors (Lipinski definition) is 1. The Hall–Kier alpha value is -2.13. The first-order valence-corrected chi connectivity index (χ1v) is 6.62. The van der Waals surface area contributed by atoms with Crippen molar-refractivity contribution in [3.63, 3.8) is 0 Å². The molecule has 0 saturated carbocycles. The molecular formula is C16H14ClNO2. The Kier molecular flexibility index (Phi) is 4.91. The zero-order chi connectivity index (χ0) is 14.4. The van der Waals surface area contributed by atoms with Gasteiger partial charge in [0.15, 0.2) is 0 Å². The van der Waals surface area contributed by atoms with E-state index in [2.05, 4.69) is 4.98 Å². The summed E-state index contributed by atoms with van der Waals surface area (Å²) in [7, 11) is 0. The number of carboxylic acid groups (broad SMARTS) is 1. The number of carbonyl (C=O) groups is 1. The first-order chi connectivity index (χ1) is 9.65. The summed E-state index contributed by atoms with van der Waals surface area (Å²) < 4.78 is 0. The van der Waals surface area contributed by atoms with Gasteiger partial charge in [0.25, 0.3) is 0 Å². The quantitative estimate of drug-likeness (QED) is 0.850. The van der Waals surface area contributed by atoms with Crippen LogP contribution in [-0.2, 0) is 11.2 Å². The van der Waals surface area contributed by atoms with Crippen LogP contribution in [0, 0.1) is 0 Å². The highest BCUT2D eigenvalue weighted by molar-refractivity contribution is 6.30. The van der Waals surface area contributed by atoms with Crippen molar-refractivity contribution in [1.29, 1.82) is 0 Å². The lowest BCUT2D eigenvalue weighted by molar-refractivity contribution is -0.131. The monoisotopic (exact) mass is 287 g/mol. The number of pyridine rings is 1. The van der Waals surface area contributed by atoms with E-state index in [0.717, 1.165) is 12.0 Å². The standard InChI is InChI=1S/C16H14ClNO2/c17-14-8-5-12(6-9-14)4-7-13(11-16(19)20)15-3-1-2-10-18-15/h1-3,5-6,8-11H,4,7H2,(H,19,20)/b13-11+. The molecule has 2 rings (SSSR count). The fraction of sp³-hybridized carbons (Fsp3) is 0.125. The minimum absolute atomic E-state index is 0.616. The third-order valence-electron chi connectivity index (χ3n) is 2.89. The van der Waals surface area contributed by atoms with Crippen molar-refractivity contribution in [3.05, 3.63) is 71.0 Å². The molecule has 102 valence electrons. The molecule has 0 radical (unpaired) electrons. The normalized spacial score (nSPS) is 11.3. The van der Waals surface area contributed by atoms with Gasteiger partial charge in [0.2, 0.25) is 0 Å². The lowest BCUT2D eigenvalue weighted by atomic mass is 10.0. The molecule has 1 N–H and O–H groups in total. The van der Waals surface area contributed by atoms with Crippen LogP contribution in [0.1, 0.15) is 17.7 Å². The Morgan fingerprint density at radius 2 is 1.95 bits per heavy atom. The fourth-order valence-corrected chi connectivity index (χ4v) is 2.03. The van der Waals surface area contributed by atoms with Crippen LogP contribution >= 0.6 is 11.6 Å². The van der Waals surface area contributed by atoms with Gasteiger partial charge in [-0.3, -0.25) is 4.98 Å². The molecule has 4 heteroatoms. The second kappa shape index (κ2) is 6.87. The minimum Gasteiger partial charge on any atom is -0.478 e. The molecule has 1 aromatic heterocycles. The number of hydrogen-bond acceptors (Lipinski definition) is 2. The van der Waals surface area contributed by atoms with Gasteiger partial charge in [-0.25, -0.2) is 4.79 Å². The molecular weight excluding hydrogens is 274 g/mol. The summed E-state index contributed by atoms with van der Waals surface area (Å²) in [6.45, 7) is 0. The smallest absolute Gasteiger partial charge is 0.328 e. The Balaban J connectivity index is 2.13. The molecule has 0 amide bonds. The molecule has 20 heavy (non-hydrogen) atoms. The summed E-state index contributed by atoms with van der Waals surface area (Å²) >= 11 is 5.84. The van der Waals surface area contributed by atoms with Gasteiger partial charge < -0.3 is 5.11 Å². The number of carboxylic acids is 1. The number of allylic oxidation sites excluding steroid dienone is 1. The van der Waals surface area contributed by atoms with Crippen molar-refractivity contribution < 1.29 is 9.90 Å². The number of halogens is 1. The van der Waals surface area contributed by atoms with Gasteiger partial charge in [-0.1, -0.05) is 29.8 Å². The van der Waals surface area contributed by atoms with Crippen LogP contribution < -0.4 is 0 Å². The number of aromatic nitrogens is 1. The zero-order valence-electron chi connectivity index (χ0n) is 10.8. The van der Waals surface area contributed by atoms with Gasteiger partial charge in [-0.15, -0.1) is 0 Å². The third-order valence-corrected chi connectivity index (χ3v) is 3.14. The number of benzene rings is 1. The predicted molar refractivity (Wildman–Crippen MR) is 79.6 cm³/mol. The average Bonchev–Trinajstić information content (AvgIpc) is 2.46. The molecule has 0 unspecified atom stereocenters. The molecule has 3 nitrogen and oxygen atoms in total. The number of aliphatic carboxylic acids is 1. The maximum absolute atomic E-state index is 10.9. The molecule has 0 aliphatic heterocycles. The van der Waals surface area contributed by atoms with Gasteiger partial charge >= 0.3 is 5.97 Å². The van der Waals surface area contributed by atoms with Crippen molar-refractivity contribution in [2.75, 3.05) is 0 Å². The molecule has 1 aromatic carbocycles. The van der Waals surface area contributed by atoms with Gasteiger partial charge in [-0.05, 0) is 48.2 Å². The SMILES string of the molecule is O=C(O)/C=C(\CCc1ccc(Cl)cc1)c1ccccn1. The van der Waals surface area contributed by atoms with E-state index in [4.69, 9.17) is 16.7 Å². The summed E-state index contributed by atoms with van der Waals surface area (Å²) in [5.41, 5.74) is 2.53. The first kappa shape index (κ1) is 14.3. The van der Waals surface area contributed by atoms with Crippen molar-refractivity contribution in [3.8, 4) is 0 Å². The Labute approximate surface area is 122 Å². The second-order valence-corrected chi connectivity index (χ2v) is 4.79. The highest BCUT2D eigenvalue weighted by atomic mass is 35.5. The molecule has 0 aliphatic carbocycles. The van der Waals surface area contributed by atoms with Crippen molar-refractivity contribution in [2.45, 2.75) is 12.8 Å². The van der Waals surface area contributed by atoms with E-state index >= 15 is 0 Å². The van der Waals surface area contributed by atoms with E-state index in [1.54, 1.807) is 12.3 Å². The predicted octanol–water partition coefficient (Wildman–Crippen LogP) is 3.84. The summed E-state index contributed by atoms with van der Waals surface area (Å²) in [6, 6.07) is 13.0. The molecule has 2 aromatic rings. The number of aryl methyl sites for hydroxylation is 1. The molecule has 0 aliphatic rings. The Morgan fingerprint density at radius 1 is 1.20 bits per heavy atom. The lowest BCUT2D eigenvalue weighted by Crippen LogP contribution is -1.97. The highest BCUT2D eigenvalue weighted by Gasteiger charge is 2.06. The van der Waals surface area contributed by atoms with Crippen molar-refractivity contribution >= 4 is 23.1 Å². The first-order valence-electron chi connectivity index (χ1n) is 6.24. The van der Waals surface area contributed by atoms with E-state index in [9.17, 15) is 4.79 Å². The maximum Gasteiger partial charge on any atom is 0.328 e. The van der Waals surface area contributed by atoms with Crippen LogP contribution in [0.3, 0.4) is 0 Å². The third kappa shape index (κ3) is 4.21. The minimum atomic E-state index is -0.957. The molecule has 0 bridgehead atoms. The summed E-state index contributed by atoms with van der Waals surface area (Å²) in [4.78, 5) is 15.1. The van der Waals surface area contributed by atoms with Gasteiger partial charge in [-0.2, -0.15) is 0 Å². The van der Waals surface area contributed by atoms with Gasteiger partial charge in [0, 0.05) is 17.3 Å². The lowest BCUT2D eigenvalue weighted by Gasteiger charge is -2.06. The van der Waals surface area contributed by atoms with E-state index in [0.29, 0.717) is 22.7 Å². The molecule has 0 atom stereocenters. The molecule has 0 fully saturated rings. The van der Waals surface area contributed by atoms with Crippen LogP contribution in [0.2, 0.25) is 5.02 Å². The Morgan fingerprint density at radius 3 is 2.55 bits per heavy atom. The maximum atomic E-state index is 10.9. The topological polar surface area (TPSA) is 50.2 Å². The zero-order valence-corrected chi connectivity index (χ0v) is 11.5. The summed E-state index contributed by atoms with van der Waals surface area (Å²) in [5.74, 6) is -0.957. The van der Waals surface area contributed by atoms with E-state index in [1.807, 2.05) is 36.4 Å². The Bertz CT molecular complexity index is 606. The van der Waals surface area contributed by atoms with Crippen LogP contribution in [-0.4, -0.2) is 16.1 Å². The van der Waals surface area contributed by atoms with E-state index in [1.165, 1.54) is 6.08 Å². The highest BCUT2D eigenvalue weighted by Crippen LogP contribution is 2.19. The van der Waals surface area contributed by atoms with Crippen molar-refractivity contribution in [1.82, 2.24) is 4.98 Å². The van der Waals surface area contributed by atoms with Crippen LogP contribution in [0.4, 0.5) is 0 Å². The van der Waals surface area contributed by atoms with Crippen LogP contribution in [0.15, 0.2) is 54.7 Å². The number of rotatable bonds is 5.